The minimum atomic E-state index is -5.00. The van der Waals surface area contributed by atoms with E-state index in [1.54, 1.807) is 0 Å². The largest absolute Gasteiger partial charge is 0.416 e. The first kappa shape index (κ1) is 27.1. The maximum atomic E-state index is 14.0. The van der Waals surface area contributed by atoms with E-state index < -0.39 is 40.4 Å². The minimum absolute atomic E-state index is 0.0675. The summed E-state index contributed by atoms with van der Waals surface area (Å²) < 4.78 is 84.1. The fraction of sp³-hybridized carbons (Fsp3) is 0.519. The van der Waals surface area contributed by atoms with Crippen LogP contribution in [0.4, 0.5) is 26.3 Å². The highest BCUT2D eigenvalue weighted by atomic mass is 19.4. The first-order chi connectivity index (χ1) is 16.4. The topological polar surface area (TPSA) is 27.0 Å². The molecule has 0 aliphatic heterocycles. The van der Waals surface area contributed by atoms with E-state index in [0.29, 0.717) is 50.8 Å². The van der Waals surface area contributed by atoms with E-state index in [9.17, 15) is 31.6 Å². The summed E-state index contributed by atoms with van der Waals surface area (Å²) in [6, 6.07) is 13.7. The normalized spacial score (nSPS) is 17.5. The average molecular weight is 497 g/mol. The first-order valence-corrected chi connectivity index (χ1v) is 11.9. The van der Waals surface area contributed by atoms with Crippen molar-refractivity contribution in [2.75, 3.05) is 7.05 Å². The van der Waals surface area contributed by atoms with Gasteiger partial charge in [0.15, 0.2) is 0 Å². The molecule has 190 valence electrons. The lowest BCUT2D eigenvalue weighted by molar-refractivity contribution is -0.145. The van der Waals surface area contributed by atoms with Crippen LogP contribution in [0.1, 0.15) is 67.7 Å². The van der Waals surface area contributed by atoms with E-state index >= 15 is 0 Å². The fourth-order valence-corrected chi connectivity index (χ4v) is 5.27. The summed E-state index contributed by atoms with van der Waals surface area (Å²) in [4.78, 5) is 2.05. The zero-order valence-electron chi connectivity index (χ0n) is 19.9. The van der Waals surface area contributed by atoms with Crippen LogP contribution in [0.2, 0.25) is 0 Å². The van der Waals surface area contributed by atoms with Gasteiger partial charge in [-0.05, 0) is 68.3 Å². The number of hydrogen-bond acceptors (Lipinski definition) is 2. The van der Waals surface area contributed by atoms with Gasteiger partial charge in [-0.25, -0.2) is 0 Å². The highest BCUT2D eigenvalue weighted by Gasteiger charge is 2.52. The van der Waals surface area contributed by atoms with Gasteiger partial charge in [-0.1, -0.05) is 49.7 Å². The Balaban J connectivity index is 2.03. The Hall–Kier alpha value is -2.53. The van der Waals surface area contributed by atoms with E-state index in [1.165, 1.54) is 0 Å². The minimum Gasteiger partial charge on any atom is -0.299 e. The van der Waals surface area contributed by atoms with Crippen molar-refractivity contribution in [2.45, 2.75) is 75.8 Å². The second-order valence-corrected chi connectivity index (χ2v) is 9.44. The van der Waals surface area contributed by atoms with Gasteiger partial charge in [0.05, 0.1) is 22.6 Å². The van der Waals surface area contributed by atoms with Gasteiger partial charge in [0.25, 0.3) is 0 Å². The number of benzene rings is 2. The predicted octanol–water partition coefficient (Wildman–Crippen LogP) is 7.98. The number of nitriles is 1. The summed E-state index contributed by atoms with van der Waals surface area (Å²) in [6.07, 6.45) is -7.54. The van der Waals surface area contributed by atoms with Crippen molar-refractivity contribution in [1.82, 2.24) is 4.90 Å². The lowest BCUT2D eigenvalue weighted by atomic mass is 9.58. The van der Waals surface area contributed by atoms with Gasteiger partial charge >= 0.3 is 12.4 Å². The summed E-state index contributed by atoms with van der Waals surface area (Å²) in [5.74, 6) is -0.547. The lowest BCUT2D eigenvalue weighted by Crippen LogP contribution is -2.43. The van der Waals surface area contributed by atoms with Crippen LogP contribution in [-0.2, 0) is 24.3 Å². The molecule has 2 atom stereocenters. The lowest BCUT2D eigenvalue weighted by Gasteiger charge is -2.44. The second-order valence-electron chi connectivity index (χ2n) is 9.44. The maximum absolute atomic E-state index is 14.0. The zero-order valence-corrected chi connectivity index (χ0v) is 19.9. The van der Waals surface area contributed by atoms with Crippen LogP contribution in [0.25, 0.3) is 0 Å². The van der Waals surface area contributed by atoms with Gasteiger partial charge in [0.1, 0.15) is 0 Å². The Morgan fingerprint density at radius 3 is 1.94 bits per heavy atom. The molecule has 0 aromatic heterocycles. The van der Waals surface area contributed by atoms with Crippen molar-refractivity contribution in [1.29, 1.82) is 5.26 Å². The van der Waals surface area contributed by atoms with Crippen molar-refractivity contribution >= 4 is 0 Å². The molecule has 0 saturated heterocycles. The molecule has 2 aromatic rings. The predicted molar refractivity (Wildman–Crippen MR) is 122 cm³/mol. The first-order valence-electron chi connectivity index (χ1n) is 11.9. The molecule has 8 heteroatoms. The maximum Gasteiger partial charge on any atom is 0.416 e. The third-order valence-corrected chi connectivity index (χ3v) is 7.36. The molecule has 2 unspecified atom stereocenters. The zero-order chi connectivity index (χ0) is 25.9. The molecule has 0 bridgehead atoms. The van der Waals surface area contributed by atoms with Crippen LogP contribution in [-0.4, -0.2) is 18.0 Å². The Labute approximate surface area is 202 Å². The SMILES string of the molecule is CCC(CCC(C#N)(c1c(C(F)(F)F)cccc1C(F)(F)F)C1CCC1)N(C)Cc1ccccc1. The van der Waals surface area contributed by atoms with Gasteiger partial charge in [-0.15, -0.1) is 0 Å². The Morgan fingerprint density at radius 2 is 1.51 bits per heavy atom. The molecule has 0 amide bonds. The smallest absolute Gasteiger partial charge is 0.299 e. The van der Waals surface area contributed by atoms with Crippen LogP contribution >= 0.6 is 0 Å². The monoisotopic (exact) mass is 496 g/mol. The van der Waals surface area contributed by atoms with E-state index in [0.717, 1.165) is 11.6 Å². The van der Waals surface area contributed by atoms with Crippen molar-refractivity contribution < 1.29 is 26.3 Å². The van der Waals surface area contributed by atoms with Gasteiger partial charge in [0, 0.05) is 12.6 Å². The standard InChI is InChI=1S/C27H30F6N2/c1-3-21(35(2)17-19-9-5-4-6-10-19)15-16-25(18-34,20-11-7-12-20)24-22(26(28,29)30)13-8-14-23(24)27(31,32)33/h4-6,8-10,13-14,20-21H,3,7,11-12,15-17H2,1-2H3. The fourth-order valence-electron chi connectivity index (χ4n) is 5.27. The Kier molecular flexibility index (Phi) is 8.21. The molecule has 2 aromatic carbocycles. The third kappa shape index (κ3) is 5.83. The van der Waals surface area contributed by atoms with Crippen molar-refractivity contribution in [2.24, 2.45) is 5.92 Å². The van der Waals surface area contributed by atoms with Gasteiger partial charge in [-0.3, -0.25) is 4.90 Å². The number of hydrogen-bond donors (Lipinski definition) is 0. The van der Waals surface area contributed by atoms with E-state index in [2.05, 4.69) is 4.90 Å². The van der Waals surface area contributed by atoms with Crippen molar-refractivity contribution in [3.8, 4) is 6.07 Å². The third-order valence-electron chi connectivity index (χ3n) is 7.36. The molecule has 1 fully saturated rings. The van der Waals surface area contributed by atoms with Crippen LogP contribution in [0.15, 0.2) is 48.5 Å². The molecule has 2 nitrogen and oxygen atoms in total. The Bertz CT molecular complexity index is 988. The molecular formula is C27H30F6N2. The van der Waals surface area contributed by atoms with Gasteiger partial charge < -0.3 is 0 Å². The van der Waals surface area contributed by atoms with Crippen LogP contribution in [0, 0.1) is 17.2 Å². The second kappa shape index (κ2) is 10.6. The number of halogens is 6. The highest BCUT2D eigenvalue weighted by Crippen LogP contribution is 2.53. The summed E-state index contributed by atoms with van der Waals surface area (Å²) in [5.41, 5.74) is -4.41. The number of alkyl halides is 6. The van der Waals surface area contributed by atoms with Crippen LogP contribution in [0.5, 0.6) is 0 Å². The van der Waals surface area contributed by atoms with Crippen molar-refractivity contribution in [3.63, 3.8) is 0 Å². The number of rotatable bonds is 9. The molecule has 0 heterocycles. The molecule has 35 heavy (non-hydrogen) atoms. The number of nitrogens with zero attached hydrogens (tertiary/aromatic N) is 2. The Morgan fingerprint density at radius 1 is 0.943 bits per heavy atom. The molecule has 3 rings (SSSR count). The van der Waals surface area contributed by atoms with Gasteiger partial charge in [0.2, 0.25) is 0 Å². The molecular weight excluding hydrogens is 466 g/mol. The molecule has 0 N–H and O–H groups in total. The molecule has 1 aliphatic rings. The van der Waals surface area contributed by atoms with Crippen LogP contribution < -0.4 is 0 Å². The molecule has 0 radical (unpaired) electrons. The van der Waals surface area contributed by atoms with Crippen molar-refractivity contribution in [3.05, 3.63) is 70.8 Å². The summed E-state index contributed by atoms with van der Waals surface area (Å²) in [5, 5.41) is 10.3. The van der Waals surface area contributed by atoms with E-state index in [-0.39, 0.29) is 12.5 Å². The molecule has 1 aliphatic carbocycles. The quantitative estimate of drug-likeness (QED) is 0.329. The molecule has 1 saturated carbocycles. The highest BCUT2D eigenvalue weighted by molar-refractivity contribution is 5.49. The summed E-state index contributed by atoms with van der Waals surface area (Å²) in [6.45, 7) is 2.53. The van der Waals surface area contributed by atoms with Gasteiger partial charge in [-0.2, -0.15) is 31.6 Å². The van der Waals surface area contributed by atoms with E-state index in [1.807, 2.05) is 50.4 Å². The summed E-state index contributed by atoms with van der Waals surface area (Å²) >= 11 is 0. The summed E-state index contributed by atoms with van der Waals surface area (Å²) in [7, 11) is 1.89. The van der Waals surface area contributed by atoms with Crippen LogP contribution in [0.3, 0.4) is 0 Å². The molecule has 0 spiro atoms. The van der Waals surface area contributed by atoms with E-state index in [4.69, 9.17) is 0 Å². The average Bonchev–Trinajstić information content (AvgIpc) is 2.76.